The molecule has 0 saturated carbocycles. The van der Waals surface area contributed by atoms with Crippen molar-refractivity contribution in [2.75, 3.05) is 0 Å². The monoisotopic (exact) mass is 553 g/mol. The summed E-state index contributed by atoms with van der Waals surface area (Å²) in [5, 5.41) is 9.78. The van der Waals surface area contributed by atoms with Gasteiger partial charge in [-0.3, -0.25) is 9.69 Å². The lowest BCUT2D eigenvalue weighted by Crippen LogP contribution is -2.45. The molecule has 0 radical (unpaired) electrons. The van der Waals surface area contributed by atoms with Crippen LogP contribution in [0.4, 0.5) is 0 Å². The number of hydrogen-bond donors (Lipinski definition) is 1. The first-order chi connectivity index (χ1) is 16.4. The summed E-state index contributed by atoms with van der Waals surface area (Å²) < 4.78 is 7.08. The number of benzene rings is 3. The number of rotatable bonds is 8. The summed E-state index contributed by atoms with van der Waals surface area (Å²) in [4.78, 5) is 26.6. The molecule has 5 nitrogen and oxygen atoms in total. The van der Waals surface area contributed by atoms with E-state index in [2.05, 4.69) is 15.9 Å². The lowest BCUT2D eigenvalue weighted by Gasteiger charge is -2.23. The maximum atomic E-state index is 13.1. The summed E-state index contributed by atoms with van der Waals surface area (Å²) in [5.74, 6) is -0.774. The second-order valence-corrected chi connectivity index (χ2v) is 10.2. The van der Waals surface area contributed by atoms with E-state index in [1.165, 1.54) is 4.90 Å². The Kier molecular flexibility index (Phi) is 7.82. The minimum atomic E-state index is -1.09. The highest BCUT2D eigenvalue weighted by atomic mass is 79.9. The van der Waals surface area contributed by atoms with Crippen LogP contribution in [0.2, 0.25) is 0 Å². The fraction of sp³-hybridized carbons (Fsp3) is 0.115. The van der Waals surface area contributed by atoms with Gasteiger partial charge >= 0.3 is 5.97 Å². The number of thioether (sulfide) groups is 1. The van der Waals surface area contributed by atoms with Crippen LogP contribution in [0.25, 0.3) is 6.08 Å². The molecule has 0 bridgehead atoms. The van der Waals surface area contributed by atoms with Crippen molar-refractivity contribution in [1.82, 2.24) is 4.90 Å². The summed E-state index contributed by atoms with van der Waals surface area (Å²) in [6, 6.07) is 23.4. The summed E-state index contributed by atoms with van der Waals surface area (Å²) in [5.41, 5.74) is 2.68. The van der Waals surface area contributed by atoms with Gasteiger partial charge in [-0.05, 0) is 47.0 Å². The predicted octanol–water partition coefficient (Wildman–Crippen LogP) is 5.93. The largest absolute Gasteiger partial charge is 0.489 e. The van der Waals surface area contributed by atoms with Gasteiger partial charge in [-0.25, -0.2) is 4.79 Å². The molecule has 3 aromatic rings. The van der Waals surface area contributed by atoms with Crippen molar-refractivity contribution in [2.24, 2.45) is 0 Å². The van der Waals surface area contributed by atoms with Gasteiger partial charge in [0.05, 0.1) is 4.91 Å². The molecule has 0 spiro atoms. The third kappa shape index (κ3) is 5.94. The number of ether oxygens (including phenoxy) is 1. The molecule has 0 unspecified atom stereocenters. The van der Waals surface area contributed by atoms with Gasteiger partial charge in [-0.2, -0.15) is 0 Å². The van der Waals surface area contributed by atoms with Crippen LogP contribution in [0.5, 0.6) is 5.75 Å². The summed E-state index contributed by atoms with van der Waals surface area (Å²) >= 11 is 9.90. The summed E-state index contributed by atoms with van der Waals surface area (Å²) in [6.45, 7) is 0.448. The van der Waals surface area contributed by atoms with E-state index < -0.39 is 17.9 Å². The Balaban J connectivity index is 1.44. The van der Waals surface area contributed by atoms with Crippen molar-refractivity contribution < 1.29 is 19.4 Å². The number of carbonyl (C=O) groups is 2. The topological polar surface area (TPSA) is 66.8 Å². The Labute approximate surface area is 215 Å². The number of thiocarbonyl (C=S) groups is 1. The van der Waals surface area contributed by atoms with E-state index in [4.69, 9.17) is 17.0 Å². The van der Waals surface area contributed by atoms with Gasteiger partial charge in [0.15, 0.2) is 0 Å². The van der Waals surface area contributed by atoms with Gasteiger partial charge in [0.2, 0.25) is 0 Å². The lowest BCUT2D eigenvalue weighted by molar-refractivity contribution is -0.145. The second-order valence-electron chi connectivity index (χ2n) is 7.58. The molecule has 1 amide bonds. The zero-order valence-electron chi connectivity index (χ0n) is 17.9. The van der Waals surface area contributed by atoms with Crippen LogP contribution in [-0.2, 0) is 22.6 Å². The minimum absolute atomic E-state index is 0.181. The average molecular weight is 554 g/mol. The van der Waals surface area contributed by atoms with E-state index in [-0.39, 0.29) is 10.7 Å². The zero-order chi connectivity index (χ0) is 24.1. The minimum Gasteiger partial charge on any atom is -0.489 e. The number of aliphatic carboxylic acids is 1. The number of hydrogen-bond acceptors (Lipinski definition) is 5. The van der Waals surface area contributed by atoms with Crippen molar-refractivity contribution in [3.8, 4) is 5.75 Å². The summed E-state index contributed by atoms with van der Waals surface area (Å²) in [6.07, 6.45) is 1.90. The van der Waals surface area contributed by atoms with Gasteiger partial charge in [0.1, 0.15) is 22.7 Å². The van der Waals surface area contributed by atoms with Gasteiger partial charge in [0, 0.05) is 10.9 Å². The third-order valence-corrected chi connectivity index (χ3v) is 7.05. The molecule has 4 rings (SSSR count). The van der Waals surface area contributed by atoms with Gasteiger partial charge in [-0.15, -0.1) is 0 Å². The maximum Gasteiger partial charge on any atom is 0.327 e. The maximum absolute atomic E-state index is 13.1. The quantitative estimate of drug-likeness (QED) is 0.275. The Morgan fingerprint density at radius 2 is 1.71 bits per heavy atom. The Bertz CT molecular complexity index is 1230. The third-order valence-electron chi connectivity index (χ3n) is 5.19. The molecule has 1 atom stereocenters. The van der Waals surface area contributed by atoms with E-state index in [1.54, 1.807) is 6.08 Å². The molecule has 34 heavy (non-hydrogen) atoms. The Hall–Kier alpha value is -2.94. The first kappa shape index (κ1) is 24.2. The fourth-order valence-corrected chi connectivity index (χ4v) is 5.05. The molecule has 8 heteroatoms. The highest BCUT2D eigenvalue weighted by molar-refractivity contribution is 9.10. The smallest absolute Gasteiger partial charge is 0.327 e. The molecule has 3 aromatic carbocycles. The number of amides is 1. The average Bonchev–Trinajstić information content (AvgIpc) is 3.11. The number of nitrogens with zero attached hydrogens (tertiary/aromatic N) is 1. The molecule has 172 valence electrons. The first-order valence-electron chi connectivity index (χ1n) is 10.4. The number of carbonyl (C=O) groups excluding carboxylic acids is 1. The van der Waals surface area contributed by atoms with Crippen molar-refractivity contribution in [3.05, 3.63) is 105 Å². The predicted molar refractivity (Wildman–Crippen MR) is 141 cm³/mol. The highest BCUT2D eigenvalue weighted by Crippen LogP contribution is 2.35. The van der Waals surface area contributed by atoms with E-state index in [9.17, 15) is 14.7 Å². The molecule has 1 fully saturated rings. The molecule has 0 aliphatic carbocycles. The van der Waals surface area contributed by atoms with Crippen molar-refractivity contribution in [1.29, 1.82) is 0 Å². The van der Waals surface area contributed by atoms with Gasteiger partial charge < -0.3 is 9.84 Å². The molecular weight excluding hydrogens is 534 g/mol. The SMILES string of the molecule is O=C(O)[C@H](Cc1ccccc1)N1C(=O)/C(=C\c2ccc(OCc3ccc(Br)cc3)cc2)SC1=S. The molecule has 1 N–H and O–H groups in total. The van der Waals surface area contributed by atoms with E-state index in [0.29, 0.717) is 17.3 Å². The number of carboxylic acid groups (broad SMARTS) is 1. The standard InChI is InChI=1S/C26H20BrNO4S2/c27-20-10-6-19(7-11-20)16-32-21-12-8-18(9-13-21)15-23-24(29)28(26(33)34-23)22(25(30)31)14-17-4-2-1-3-5-17/h1-13,15,22H,14,16H2,(H,30,31)/b23-15+/t22-/m0/s1. The molecule has 0 aromatic heterocycles. The van der Waals surface area contributed by atoms with Crippen LogP contribution < -0.4 is 4.74 Å². The van der Waals surface area contributed by atoms with Crippen LogP contribution in [0, 0.1) is 0 Å². The Morgan fingerprint density at radius 1 is 1.03 bits per heavy atom. The molecular formula is C26H20BrNO4S2. The summed E-state index contributed by atoms with van der Waals surface area (Å²) in [7, 11) is 0. The van der Waals surface area contributed by atoms with Crippen molar-refractivity contribution >= 4 is 62.2 Å². The first-order valence-corrected chi connectivity index (χ1v) is 12.4. The fourth-order valence-electron chi connectivity index (χ4n) is 3.43. The van der Waals surface area contributed by atoms with Crippen molar-refractivity contribution in [3.63, 3.8) is 0 Å². The highest BCUT2D eigenvalue weighted by Gasteiger charge is 2.40. The lowest BCUT2D eigenvalue weighted by atomic mass is 10.0. The number of carboxylic acids is 1. The van der Waals surface area contributed by atoms with Gasteiger partial charge in [0.25, 0.3) is 5.91 Å². The normalized spacial score (nSPS) is 15.6. The number of halogens is 1. The van der Waals surface area contributed by atoms with Crippen LogP contribution in [0.1, 0.15) is 16.7 Å². The Morgan fingerprint density at radius 3 is 2.35 bits per heavy atom. The molecule has 1 saturated heterocycles. The van der Waals surface area contributed by atoms with Crippen LogP contribution in [0.3, 0.4) is 0 Å². The van der Waals surface area contributed by atoms with Crippen LogP contribution in [0.15, 0.2) is 88.2 Å². The van der Waals surface area contributed by atoms with Crippen LogP contribution in [-0.4, -0.2) is 32.2 Å². The molecule has 1 aliphatic rings. The van der Waals surface area contributed by atoms with E-state index in [1.807, 2.05) is 78.9 Å². The second kappa shape index (κ2) is 11.0. The molecule has 1 heterocycles. The zero-order valence-corrected chi connectivity index (χ0v) is 21.1. The van der Waals surface area contributed by atoms with Crippen molar-refractivity contribution in [2.45, 2.75) is 19.1 Å². The van der Waals surface area contributed by atoms with E-state index >= 15 is 0 Å². The van der Waals surface area contributed by atoms with Crippen LogP contribution >= 0.6 is 39.9 Å². The van der Waals surface area contributed by atoms with E-state index in [0.717, 1.165) is 32.9 Å². The van der Waals surface area contributed by atoms with Gasteiger partial charge in [-0.1, -0.05) is 94.5 Å². The molecule has 1 aliphatic heterocycles.